The molecular weight excluding hydrogens is 280 g/mol. The van der Waals surface area contributed by atoms with Crippen LogP contribution in [0.5, 0.6) is 0 Å². The Balaban J connectivity index is 2.34. The molecular formula is C12H15BrN4. The summed E-state index contributed by atoms with van der Waals surface area (Å²) in [6.07, 6.45) is 1.88. The van der Waals surface area contributed by atoms with Gasteiger partial charge in [0, 0.05) is 4.47 Å². The molecule has 4 nitrogen and oxygen atoms in total. The van der Waals surface area contributed by atoms with Crippen molar-refractivity contribution < 1.29 is 0 Å². The summed E-state index contributed by atoms with van der Waals surface area (Å²) in [5.74, 6) is 0.347. The van der Waals surface area contributed by atoms with E-state index in [1.165, 1.54) is 0 Å². The lowest BCUT2D eigenvalue weighted by molar-refractivity contribution is 0.502. The second kappa shape index (κ2) is 4.98. The lowest BCUT2D eigenvalue weighted by Crippen LogP contribution is -2.17. The van der Waals surface area contributed by atoms with E-state index in [9.17, 15) is 0 Å². The molecule has 0 radical (unpaired) electrons. The van der Waals surface area contributed by atoms with Crippen LogP contribution < -0.4 is 5.73 Å². The molecule has 0 fully saturated rings. The monoisotopic (exact) mass is 294 g/mol. The van der Waals surface area contributed by atoms with Crippen LogP contribution in [-0.4, -0.2) is 15.0 Å². The van der Waals surface area contributed by atoms with Gasteiger partial charge < -0.3 is 5.73 Å². The molecule has 0 aliphatic carbocycles. The number of halogens is 1. The van der Waals surface area contributed by atoms with Gasteiger partial charge in [0.15, 0.2) is 0 Å². The summed E-state index contributed by atoms with van der Waals surface area (Å²) in [4.78, 5) is 0. The number of hydrogen-bond acceptors (Lipinski definition) is 3. The Hall–Kier alpha value is -1.20. The van der Waals surface area contributed by atoms with Crippen LogP contribution in [0.15, 0.2) is 34.9 Å². The molecule has 0 amide bonds. The van der Waals surface area contributed by atoms with Crippen LogP contribution in [0.4, 0.5) is 0 Å². The maximum atomic E-state index is 6.04. The zero-order valence-electron chi connectivity index (χ0n) is 9.84. The summed E-state index contributed by atoms with van der Waals surface area (Å²) in [5.41, 5.74) is 7.82. The van der Waals surface area contributed by atoms with E-state index in [4.69, 9.17) is 5.73 Å². The zero-order valence-corrected chi connectivity index (χ0v) is 11.4. The predicted octanol–water partition coefficient (Wildman–Crippen LogP) is 2.69. The van der Waals surface area contributed by atoms with Crippen LogP contribution in [0.25, 0.3) is 5.69 Å². The van der Waals surface area contributed by atoms with Crippen molar-refractivity contribution in [2.45, 2.75) is 19.9 Å². The van der Waals surface area contributed by atoms with E-state index < -0.39 is 0 Å². The number of nitrogens with zero attached hydrogens (tertiary/aromatic N) is 3. The minimum atomic E-state index is -0.0776. The van der Waals surface area contributed by atoms with Crippen LogP contribution in [-0.2, 0) is 0 Å². The van der Waals surface area contributed by atoms with Gasteiger partial charge >= 0.3 is 0 Å². The SMILES string of the molecule is CC(C)C(N)c1cn(-c2ccccc2Br)nn1. The molecule has 1 aromatic carbocycles. The molecule has 0 spiro atoms. The predicted molar refractivity (Wildman–Crippen MR) is 70.8 cm³/mol. The summed E-state index contributed by atoms with van der Waals surface area (Å²) >= 11 is 3.49. The van der Waals surface area contributed by atoms with Crippen molar-refractivity contribution in [3.05, 3.63) is 40.6 Å². The molecule has 0 saturated carbocycles. The lowest BCUT2D eigenvalue weighted by atomic mass is 10.0. The van der Waals surface area contributed by atoms with Gasteiger partial charge in [-0.05, 0) is 34.0 Å². The third-order valence-electron chi connectivity index (χ3n) is 2.67. The second-order valence-electron chi connectivity index (χ2n) is 4.31. The molecule has 0 saturated heterocycles. The fourth-order valence-corrected chi connectivity index (χ4v) is 1.99. The molecule has 1 unspecified atom stereocenters. The van der Waals surface area contributed by atoms with Crippen molar-refractivity contribution >= 4 is 15.9 Å². The van der Waals surface area contributed by atoms with Gasteiger partial charge in [0.25, 0.3) is 0 Å². The molecule has 2 N–H and O–H groups in total. The number of para-hydroxylation sites is 1. The lowest BCUT2D eigenvalue weighted by Gasteiger charge is -2.11. The largest absolute Gasteiger partial charge is 0.322 e. The quantitative estimate of drug-likeness (QED) is 0.947. The van der Waals surface area contributed by atoms with Crippen LogP contribution in [0.3, 0.4) is 0 Å². The van der Waals surface area contributed by atoms with Crippen LogP contribution >= 0.6 is 15.9 Å². The Kier molecular flexibility index (Phi) is 3.59. The molecule has 2 rings (SSSR count). The van der Waals surface area contributed by atoms with E-state index in [1.807, 2.05) is 30.5 Å². The minimum absolute atomic E-state index is 0.0776. The summed E-state index contributed by atoms with van der Waals surface area (Å²) < 4.78 is 2.72. The topological polar surface area (TPSA) is 56.7 Å². The molecule has 1 aromatic heterocycles. The molecule has 1 heterocycles. The van der Waals surface area contributed by atoms with Crippen molar-refractivity contribution in [1.82, 2.24) is 15.0 Å². The molecule has 17 heavy (non-hydrogen) atoms. The van der Waals surface area contributed by atoms with Gasteiger partial charge in [-0.3, -0.25) is 0 Å². The number of hydrogen-bond donors (Lipinski definition) is 1. The smallest absolute Gasteiger partial charge is 0.100 e. The van der Waals surface area contributed by atoms with Crippen LogP contribution in [0.2, 0.25) is 0 Å². The van der Waals surface area contributed by atoms with E-state index in [2.05, 4.69) is 40.1 Å². The zero-order chi connectivity index (χ0) is 12.4. The molecule has 90 valence electrons. The Bertz CT molecular complexity index is 507. The first kappa shape index (κ1) is 12.3. The highest BCUT2D eigenvalue weighted by molar-refractivity contribution is 9.10. The molecule has 1 atom stereocenters. The average molecular weight is 295 g/mol. The number of aromatic nitrogens is 3. The van der Waals surface area contributed by atoms with E-state index in [-0.39, 0.29) is 6.04 Å². The van der Waals surface area contributed by atoms with Crippen LogP contribution in [0, 0.1) is 5.92 Å². The fraction of sp³-hybridized carbons (Fsp3) is 0.333. The van der Waals surface area contributed by atoms with Gasteiger partial charge in [0.2, 0.25) is 0 Å². The van der Waals surface area contributed by atoms with Crippen molar-refractivity contribution in [3.8, 4) is 5.69 Å². The summed E-state index contributed by atoms with van der Waals surface area (Å²) in [6, 6.07) is 7.80. The van der Waals surface area contributed by atoms with Crippen molar-refractivity contribution in [3.63, 3.8) is 0 Å². The summed E-state index contributed by atoms with van der Waals surface area (Å²) in [6.45, 7) is 4.14. The first-order valence-corrected chi connectivity index (χ1v) is 6.31. The maximum absolute atomic E-state index is 6.04. The number of rotatable bonds is 3. The second-order valence-corrected chi connectivity index (χ2v) is 5.16. The Morgan fingerprint density at radius 2 is 2.00 bits per heavy atom. The van der Waals surface area contributed by atoms with Gasteiger partial charge in [-0.2, -0.15) is 0 Å². The molecule has 0 aliphatic heterocycles. The van der Waals surface area contributed by atoms with E-state index in [0.29, 0.717) is 5.92 Å². The van der Waals surface area contributed by atoms with Crippen molar-refractivity contribution in [1.29, 1.82) is 0 Å². The maximum Gasteiger partial charge on any atom is 0.100 e. The van der Waals surface area contributed by atoms with Gasteiger partial charge in [0.1, 0.15) is 5.69 Å². The first-order chi connectivity index (χ1) is 8.09. The molecule has 2 aromatic rings. The highest BCUT2D eigenvalue weighted by atomic mass is 79.9. The summed E-state index contributed by atoms with van der Waals surface area (Å²) in [7, 11) is 0. The van der Waals surface area contributed by atoms with Gasteiger partial charge in [-0.25, -0.2) is 4.68 Å². The van der Waals surface area contributed by atoms with E-state index >= 15 is 0 Å². The molecule has 0 aliphatic rings. The van der Waals surface area contributed by atoms with Gasteiger partial charge in [-0.1, -0.05) is 31.2 Å². The normalized spacial score (nSPS) is 13.0. The van der Waals surface area contributed by atoms with Gasteiger partial charge in [0.05, 0.1) is 17.9 Å². The average Bonchev–Trinajstić information content (AvgIpc) is 2.77. The molecule has 0 bridgehead atoms. The Labute approximate surface area is 109 Å². The highest BCUT2D eigenvalue weighted by Gasteiger charge is 2.15. The number of nitrogens with two attached hydrogens (primary N) is 1. The number of benzene rings is 1. The van der Waals surface area contributed by atoms with Gasteiger partial charge in [-0.15, -0.1) is 5.10 Å². The fourth-order valence-electron chi connectivity index (χ4n) is 1.53. The highest BCUT2D eigenvalue weighted by Crippen LogP contribution is 2.21. The minimum Gasteiger partial charge on any atom is -0.322 e. The first-order valence-electron chi connectivity index (χ1n) is 5.52. The van der Waals surface area contributed by atoms with Crippen LogP contribution in [0.1, 0.15) is 25.6 Å². The third kappa shape index (κ3) is 2.56. The Morgan fingerprint density at radius 3 is 2.65 bits per heavy atom. The van der Waals surface area contributed by atoms with Crippen molar-refractivity contribution in [2.24, 2.45) is 11.7 Å². The Morgan fingerprint density at radius 1 is 1.29 bits per heavy atom. The van der Waals surface area contributed by atoms with Crippen molar-refractivity contribution in [2.75, 3.05) is 0 Å². The van der Waals surface area contributed by atoms with E-state index in [1.54, 1.807) is 4.68 Å². The van der Waals surface area contributed by atoms with E-state index in [0.717, 1.165) is 15.9 Å². The standard InChI is InChI=1S/C12H15BrN4/c1-8(2)12(14)10-7-17(16-15-10)11-6-4-3-5-9(11)13/h3-8,12H,14H2,1-2H3. The molecule has 5 heteroatoms. The summed E-state index contributed by atoms with van der Waals surface area (Å²) in [5, 5.41) is 8.23. The third-order valence-corrected chi connectivity index (χ3v) is 3.34.